The molecule has 3 rings (SSSR count). The highest BCUT2D eigenvalue weighted by atomic mass is 16.5. The van der Waals surface area contributed by atoms with Crippen LogP contribution in [0.2, 0.25) is 0 Å². The minimum atomic E-state index is 0.301. The van der Waals surface area contributed by atoms with Crippen LogP contribution in [0.15, 0.2) is 24.3 Å². The van der Waals surface area contributed by atoms with Gasteiger partial charge in [0.25, 0.3) is 5.88 Å². The standard InChI is InChI=1S/C15H20N4O/c1-2-20-15-14(19-9-7-11(16)8-10-19)17-12-5-3-4-6-13(12)18-15/h3-6,11H,2,7-10,16H2,1H3. The van der Waals surface area contributed by atoms with Crippen molar-refractivity contribution in [2.45, 2.75) is 25.8 Å². The van der Waals surface area contributed by atoms with Gasteiger partial charge >= 0.3 is 0 Å². The smallest absolute Gasteiger partial charge is 0.258 e. The largest absolute Gasteiger partial charge is 0.475 e. The summed E-state index contributed by atoms with van der Waals surface area (Å²) in [6.45, 7) is 4.38. The third kappa shape index (κ3) is 2.54. The molecule has 0 spiro atoms. The molecule has 1 fully saturated rings. The van der Waals surface area contributed by atoms with E-state index in [1.165, 1.54) is 0 Å². The summed E-state index contributed by atoms with van der Waals surface area (Å²) >= 11 is 0. The van der Waals surface area contributed by atoms with E-state index >= 15 is 0 Å². The predicted molar refractivity (Wildman–Crippen MR) is 80.1 cm³/mol. The summed E-state index contributed by atoms with van der Waals surface area (Å²) in [5.41, 5.74) is 7.74. The average Bonchev–Trinajstić information content (AvgIpc) is 2.48. The zero-order valence-electron chi connectivity index (χ0n) is 11.7. The molecule has 5 nitrogen and oxygen atoms in total. The fourth-order valence-corrected chi connectivity index (χ4v) is 2.53. The Morgan fingerprint density at radius 3 is 2.50 bits per heavy atom. The number of nitrogens with two attached hydrogens (primary N) is 1. The molecule has 2 aromatic rings. The lowest BCUT2D eigenvalue weighted by atomic mass is 10.1. The van der Waals surface area contributed by atoms with Gasteiger partial charge in [-0.25, -0.2) is 9.97 Å². The summed E-state index contributed by atoms with van der Waals surface area (Å²) in [6.07, 6.45) is 1.97. The summed E-state index contributed by atoms with van der Waals surface area (Å²) in [5, 5.41) is 0. The zero-order chi connectivity index (χ0) is 13.9. The maximum atomic E-state index is 5.97. The van der Waals surface area contributed by atoms with Gasteiger partial charge in [0.2, 0.25) is 0 Å². The molecule has 2 heterocycles. The molecule has 0 unspecified atom stereocenters. The summed E-state index contributed by atoms with van der Waals surface area (Å²) in [4.78, 5) is 11.6. The van der Waals surface area contributed by atoms with E-state index in [4.69, 9.17) is 15.5 Å². The second kappa shape index (κ2) is 5.63. The molecule has 1 aliphatic rings. The molecule has 106 valence electrons. The highest BCUT2D eigenvalue weighted by Gasteiger charge is 2.22. The Kier molecular flexibility index (Phi) is 3.69. The lowest BCUT2D eigenvalue weighted by Crippen LogP contribution is -2.40. The first-order chi connectivity index (χ1) is 9.78. The fraction of sp³-hybridized carbons (Fsp3) is 0.467. The van der Waals surface area contributed by atoms with E-state index in [1.54, 1.807) is 0 Å². The second-order valence-corrected chi connectivity index (χ2v) is 5.10. The average molecular weight is 272 g/mol. The molecular formula is C15H20N4O. The van der Waals surface area contributed by atoms with Crippen LogP contribution < -0.4 is 15.4 Å². The Morgan fingerprint density at radius 1 is 1.20 bits per heavy atom. The van der Waals surface area contributed by atoms with Gasteiger partial charge in [-0.3, -0.25) is 0 Å². The van der Waals surface area contributed by atoms with Gasteiger partial charge in [-0.05, 0) is 31.9 Å². The van der Waals surface area contributed by atoms with Crippen LogP contribution >= 0.6 is 0 Å². The molecule has 2 N–H and O–H groups in total. The van der Waals surface area contributed by atoms with Crippen LogP contribution in [0, 0.1) is 0 Å². The van der Waals surface area contributed by atoms with Crippen molar-refractivity contribution in [2.75, 3.05) is 24.6 Å². The van der Waals surface area contributed by atoms with Crippen LogP contribution in [-0.4, -0.2) is 35.7 Å². The van der Waals surface area contributed by atoms with Gasteiger partial charge in [0.15, 0.2) is 5.82 Å². The number of hydrogen-bond acceptors (Lipinski definition) is 5. The second-order valence-electron chi connectivity index (χ2n) is 5.10. The van der Waals surface area contributed by atoms with Gasteiger partial charge in [0.1, 0.15) is 0 Å². The van der Waals surface area contributed by atoms with Crippen LogP contribution in [0.4, 0.5) is 5.82 Å². The number of piperidine rings is 1. The molecule has 0 radical (unpaired) electrons. The molecule has 1 aromatic heterocycles. The molecule has 5 heteroatoms. The Labute approximate surface area is 118 Å². The number of rotatable bonds is 3. The lowest BCUT2D eigenvalue weighted by Gasteiger charge is -2.31. The highest BCUT2D eigenvalue weighted by Crippen LogP contribution is 2.28. The molecule has 0 bridgehead atoms. The van der Waals surface area contributed by atoms with Crippen molar-refractivity contribution in [3.8, 4) is 5.88 Å². The number of fused-ring (bicyclic) bond motifs is 1. The number of nitrogens with zero attached hydrogens (tertiary/aromatic N) is 3. The third-order valence-electron chi connectivity index (χ3n) is 3.64. The summed E-state index contributed by atoms with van der Waals surface area (Å²) in [7, 11) is 0. The van der Waals surface area contributed by atoms with E-state index in [0.717, 1.165) is 42.8 Å². The first-order valence-electron chi connectivity index (χ1n) is 7.18. The SMILES string of the molecule is CCOc1nc2ccccc2nc1N1CCC(N)CC1. The van der Waals surface area contributed by atoms with Crippen molar-refractivity contribution in [1.82, 2.24) is 9.97 Å². The highest BCUT2D eigenvalue weighted by molar-refractivity contribution is 5.77. The Morgan fingerprint density at radius 2 is 1.85 bits per heavy atom. The molecule has 1 aliphatic heterocycles. The van der Waals surface area contributed by atoms with Crippen LogP contribution in [0.25, 0.3) is 11.0 Å². The Bertz CT molecular complexity index is 593. The molecule has 0 amide bonds. The van der Waals surface area contributed by atoms with Gasteiger partial charge in [-0.15, -0.1) is 0 Å². The van der Waals surface area contributed by atoms with Crippen LogP contribution in [0.5, 0.6) is 5.88 Å². The molecule has 1 aromatic carbocycles. The molecular weight excluding hydrogens is 252 g/mol. The lowest BCUT2D eigenvalue weighted by molar-refractivity contribution is 0.325. The van der Waals surface area contributed by atoms with Gasteiger partial charge in [0, 0.05) is 19.1 Å². The maximum Gasteiger partial charge on any atom is 0.258 e. The van der Waals surface area contributed by atoms with E-state index in [2.05, 4.69) is 9.88 Å². The molecule has 1 saturated heterocycles. The number of aromatic nitrogens is 2. The van der Waals surface area contributed by atoms with Crippen molar-refractivity contribution >= 4 is 16.9 Å². The van der Waals surface area contributed by atoms with Crippen molar-refractivity contribution in [3.05, 3.63) is 24.3 Å². The van der Waals surface area contributed by atoms with Gasteiger partial charge in [-0.1, -0.05) is 12.1 Å². The van der Waals surface area contributed by atoms with Crippen molar-refractivity contribution < 1.29 is 4.74 Å². The van der Waals surface area contributed by atoms with Crippen molar-refractivity contribution in [3.63, 3.8) is 0 Å². The minimum Gasteiger partial charge on any atom is -0.475 e. The fourth-order valence-electron chi connectivity index (χ4n) is 2.53. The third-order valence-corrected chi connectivity index (χ3v) is 3.64. The Hall–Kier alpha value is -1.88. The molecule has 0 saturated carbocycles. The van der Waals surface area contributed by atoms with E-state index in [9.17, 15) is 0 Å². The molecule has 0 aliphatic carbocycles. The van der Waals surface area contributed by atoms with E-state index in [-0.39, 0.29) is 0 Å². The quantitative estimate of drug-likeness (QED) is 0.925. The van der Waals surface area contributed by atoms with Gasteiger partial charge < -0.3 is 15.4 Å². The first-order valence-corrected chi connectivity index (χ1v) is 7.18. The number of ether oxygens (including phenoxy) is 1. The zero-order valence-corrected chi connectivity index (χ0v) is 11.7. The van der Waals surface area contributed by atoms with E-state index < -0.39 is 0 Å². The number of benzene rings is 1. The Balaban J connectivity index is 2.00. The van der Waals surface area contributed by atoms with Gasteiger partial charge in [-0.2, -0.15) is 0 Å². The topological polar surface area (TPSA) is 64.3 Å². The van der Waals surface area contributed by atoms with Crippen LogP contribution in [0.1, 0.15) is 19.8 Å². The molecule has 0 atom stereocenters. The summed E-state index contributed by atoms with van der Waals surface area (Å²) < 4.78 is 5.68. The van der Waals surface area contributed by atoms with Crippen LogP contribution in [0.3, 0.4) is 0 Å². The summed E-state index contributed by atoms with van der Waals surface area (Å²) in [6, 6.07) is 8.19. The predicted octanol–water partition coefficient (Wildman–Crippen LogP) is 1.96. The van der Waals surface area contributed by atoms with E-state index in [1.807, 2.05) is 31.2 Å². The summed E-state index contributed by atoms with van der Waals surface area (Å²) in [5.74, 6) is 1.47. The minimum absolute atomic E-state index is 0.301. The number of anilines is 1. The van der Waals surface area contributed by atoms with Crippen molar-refractivity contribution in [2.24, 2.45) is 5.73 Å². The maximum absolute atomic E-state index is 5.97. The van der Waals surface area contributed by atoms with Gasteiger partial charge in [0.05, 0.1) is 17.6 Å². The number of para-hydroxylation sites is 2. The van der Waals surface area contributed by atoms with Crippen LogP contribution in [-0.2, 0) is 0 Å². The monoisotopic (exact) mass is 272 g/mol. The molecule has 20 heavy (non-hydrogen) atoms. The van der Waals surface area contributed by atoms with Crippen molar-refractivity contribution in [1.29, 1.82) is 0 Å². The normalized spacial score (nSPS) is 16.6. The van der Waals surface area contributed by atoms with E-state index in [0.29, 0.717) is 18.5 Å². The first kappa shape index (κ1) is 13.1. The number of hydrogen-bond donors (Lipinski definition) is 1.